The standard InChI is InChI=1S/C36H33ClN5O/c1-4-39-29-22-20-26(37)24-32(29)40(5-2)34(39)17-12-18-35-41(6-3)31-23-25(36-38-28-15-10-11-16-33(28)43-36)19-21-30(31)42(35)27-13-8-7-9-14-27/h7-24H,4-6H2,1-3H3/q+1. The number of oxazole rings is 1. The number of allylic oxidation sites excluding steroid dienone is 2. The van der Waals surface area contributed by atoms with E-state index in [0.717, 1.165) is 75.5 Å². The molecule has 0 atom stereocenters. The predicted octanol–water partition coefficient (Wildman–Crippen LogP) is 8.96. The summed E-state index contributed by atoms with van der Waals surface area (Å²) in [5.41, 5.74) is 8.27. The second-order valence-electron chi connectivity index (χ2n) is 10.5. The Morgan fingerprint density at radius 1 is 0.860 bits per heavy atom. The summed E-state index contributed by atoms with van der Waals surface area (Å²) in [4.78, 5) is 9.43. The lowest BCUT2D eigenvalue weighted by Gasteiger charge is -2.24. The zero-order valence-corrected chi connectivity index (χ0v) is 25.3. The van der Waals surface area contributed by atoms with Crippen LogP contribution in [0.2, 0.25) is 5.02 Å². The molecule has 6 aromatic rings. The molecule has 1 aliphatic rings. The molecule has 0 spiro atoms. The molecule has 7 rings (SSSR count). The third kappa shape index (κ3) is 4.59. The summed E-state index contributed by atoms with van der Waals surface area (Å²) in [7, 11) is 0. The van der Waals surface area contributed by atoms with Gasteiger partial charge in [-0.3, -0.25) is 4.90 Å². The smallest absolute Gasteiger partial charge is 0.282 e. The van der Waals surface area contributed by atoms with Crippen molar-refractivity contribution in [3.63, 3.8) is 0 Å². The van der Waals surface area contributed by atoms with Crippen LogP contribution in [-0.2, 0) is 13.1 Å². The fourth-order valence-corrected chi connectivity index (χ4v) is 6.34. The number of halogens is 1. The second kappa shape index (κ2) is 11.1. The van der Waals surface area contributed by atoms with E-state index >= 15 is 0 Å². The van der Waals surface area contributed by atoms with Crippen LogP contribution in [0, 0.1) is 0 Å². The molecular weight excluding hydrogens is 554 g/mol. The lowest BCUT2D eigenvalue weighted by molar-refractivity contribution is -0.670. The summed E-state index contributed by atoms with van der Waals surface area (Å²) >= 11 is 6.39. The third-order valence-corrected chi connectivity index (χ3v) is 8.31. The molecule has 0 saturated heterocycles. The molecule has 214 valence electrons. The van der Waals surface area contributed by atoms with Gasteiger partial charge < -0.3 is 9.32 Å². The molecular formula is C36H33ClN5O+. The molecule has 0 aliphatic carbocycles. The molecule has 0 unspecified atom stereocenters. The summed E-state index contributed by atoms with van der Waals surface area (Å²) in [5, 5.41) is 0.749. The highest BCUT2D eigenvalue weighted by atomic mass is 35.5. The van der Waals surface area contributed by atoms with Gasteiger partial charge in [-0.15, -0.1) is 0 Å². The number of aromatic nitrogens is 3. The Bertz CT molecular complexity index is 1990. The van der Waals surface area contributed by atoms with Crippen molar-refractivity contribution >= 4 is 56.9 Å². The Morgan fingerprint density at radius 2 is 1.67 bits per heavy atom. The Balaban J connectivity index is 1.34. The zero-order valence-electron chi connectivity index (χ0n) is 24.5. The highest BCUT2D eigenvalue weighted by molar-refractivity contribution is 6.31. The van der Waals surface area contributed by atoms with Crippen molar-refractivity contribution in [2.24, 2.45) is 0 Å². The molecule has 7 heteroatoms. The van der Waals surface area contributed by atoms with Crippen LogP contribution in [0.25, 0.3) is 39.7 Å². The normalized spacial score (nSPS) is 14.2. The Morgan fingerprint density at radius 3 is 2.44 bits per heavy atom. The number of hydrogen-bond donors (Lipinski definition) is 0. The molecule has 2 aromatic heterocycles. The topological polar surface area (TPSA) is 41.3 Å². The van der Waals surface area contributed by atoms with Crippen LogP contribution in [-0.4, -0.2) is 16.1 Å². The van der Waals surface area contributed by atoms with Crippen molar-refractivity contribution < 1.29 is 8.98 Å². The molecule has 43 heavy (non-hydrogen) atoms. The van der Waals surface area contributed by atoms with E-state index in [1.54, 1.807) is 0 Å². The Kier molecular flexibility index (Phi) is 6.99. The van der Waals surface area contributed by atoms with E-state index in [1.165, 1.54) is 5.52 Å². The lowest BCUT2D eigenvalue weighted by atomic mass is 10.1. The number of benzene rings is 4. The first-order chi connectivity index (χ1) is 21.1. The average molecular weight is 587 g/mol. The summed E-state index contributed by atoms with van der Waals surface area (Å²) in [6.07, 6.45) is 6.58. The van der Waals surface area contributed by atoms with Crippen LogP contribution in [0.4, 0.5) is 17.1 Å². The molecule has 3 heterocycles. The molecule has 1 aliphatic heterocycles. The van der Waals surface area contributed by atoms with Crippen LogP contribution in [0.5, 0.6) is 0 Å². The number of anilines is 3. The van der Waals surface area contributed by atoms with E-state index in [-0.39, 0.29) is 0 Å². The summed E-state index contributed by atoms with van der Waals surface area (Å²) in [6, 6.07) is 31.0. The van der Waals surface area contributed by atoms with E-state index in [4.69, 9.17) is 21.0 Å². The van der Waals surface area contributed by atoms with Crippen molar-refractivity contribution in [2.45, 2.75) is 33.9 Å². The van der Waals surface area contributed by atoms with Crippen molar-refractivity contribution in [3.8, 4) is 11.5 Å². The minimum Gasteiger partial charge on any atom is -0.436 e. The number of fused-ring (bicyclic) bond motifs is 3. The highest BCUT2D eigenvalue weighted by Gasteiger charge is 2.32. The number of rotatable bonds is 7. The van der Waals surface area contributed by atoms with Gasteiger partial charge in [-0.25, -0.2) is 14.1 Å². The Hall–Kier alpha value is -4.81. The highest BCUT2D eigenvalue weighted by Crippen LogP contribution is 2.47. The van der Waals surface area contributed by atoms with Gasteiger partial charge in [0.2, 0.25) is 5.89 Å². The van der Waals surface area contributed by atoms with Crippen molar-refractivity contribution in [2.75, 3.05) is 16.3 Å². The quantitative estimate of drug-likeness (QED) is 0.175. The molecule has 6 nitrogen and oxygen atoms in total. The van der Waals surface area contributed by atoms with Gasteiger partial charge in [-0.1, -0.05) is 48.0 Å². The predicted molar refractivity (Wildman–Crippen MR) is 177 cm³/mol. The second-order valence-corrected chi connectivity index (χ2v) is 10.9. The number of aryl methyl sites for hydroxylation is 2. The van der Waals surface area contributed by atoms with E-state index in [0.29, 0.717) is 5.89 Å². The molecule has 0 bridgehead atoms. The lowest BCUT2D eigenvalue weighted by Crippen LogP contribution is -2.35. The van der Waals surface area contributed by atoms with Gasteiger partial charge in [0, 0.05) is 35.0 Å². The minimum absolute atomic E-state index is 0.625. The van der Waals surface area contributed by atoms with Gasteiger partial charge >= 0.3 is 0 Å². The van der Waals surface area contributed by atoms with E-state index in [1.807, 2.05) is 30.3 Å². The molecule has 0 saturated carbocycles. The third-order valence-electron chi connectivity index (χ3n) is 8.08. The van der Waals surface area contributed by atoms with Crippen LogP contribution in [0.1, 0.15) is 26.6 Å². The summed E-state index contributed by atoms with van der Waals surface area (Å²) < 4.78 is 10.8. The van der Waals surface area contributed by atoms with Crippen molar-refractivity contribution in [1.82, 2.24) is 9.55 Å². The van der Waals surface area contributed by atoms with Gasteiger partial charge in [0.05, 0.1) is 24.5 Å². The van der Waals surface area contributed by atoms with Gasteiger partial charge in [0.1, 0.15) is 11.3 Å². The van der Waals surface area contributed by atoms with Gasteiger partial charge in [-0.05, 0) is 81.4 Å². The Labute approximate surface area is 256 Å². The maximum atomic E-state index is 6.39. The SMILES string of the molecule is CCN1/C(=C/C=C/c2n(CC)c3cc(Cl)ccc3[n+]2CC)N(c2ccccc2)c2ccc(-c3nc4ccccc4o3)cc21. The summed E-state index contributed by atoms with van der Waals surface area (Å²) in [6.45, 7) is 9.06. The van der Waals surface area contributed by atoms with E-state index < -0.39 is 0 Å². The van der Waals surface area contributed by atoms with Gasteiger partial charge in [-0.2, -0.15) is 0 Å². The fourth-order valence-electron chi connectivity index (χ4n) is 6.17. The average Bonchev–Trinajstić information content (AvgIpc) is 3.70. The first-order valence-electron chi connectivity index (χ1n) is 14.8. The number of para-hydroxylation sites is 3. The van der Waals surface area contributed by atoms with Crippen molar-refractivity contribution in [1.29, 1.82) is 0 Å². The van der Waals surface area contributed by atoms with Crippen LogP contribution < -0.4 is 14.4 Å². The van der Waals surface area contributed by atoms with Gasteiger partial charge in [0.15, 0.2) is 16.6 Å². The molecule has 0 fully saturated rings. The van der Waals surface area contributed by atoms with Crippen LogP contribution in [0.3, 0.4) is 0 Å². The summed E-state index contributed by atoms with van der Waals surface area (Å²) in [5.74, 6) is 2.85. The largest absolute Gasteiger partial charge is 0.436 e. The van der Waals surface area contributed by atoms with Crippen LogP contribution in [0.15, 0.2) is 113 Å². The number of nitrogens with zero attached hydrogens (tertiary/aromatic N) is 5. The number of imidazole rings is 1. The maximum Gasteiger partial charge on any atom is 0.282 e. The fraction of sp³-hybridized carbons (Fsp3) is 0.167. The molecule has 0 amide bonds. The maximum absolute atomic E-state index is 6.39. The van der Waals surface area contributed by atoms with Crippen molar-refractivity contribution in [3.05, 3.63) is 120 Å². The number of hydrogen-bond acceptors (Lipinski definition) is 4. The van der Waals surface area contributed by atoms with Crippen LogP contribution >= 0.6 is 11.6 Å². The van der Waals surface area contributed by atoms with Gasteiger partial charge in [0.25, 0.3) is 5.82 Å². The molecule has 4 aromatic carbocycles. The zero-order chi connectivity index (χ0) is 29.5. The molecule has 0 radical (unpaired) electrons. The molecule has 0 N–H and O–H groups in total. The van der Waals surface area contributed by atoms with E-state index in [9.17, 15) is 0 Å². The minimum atomic E-state index is 0.625. The first kappa shape index (κ1) is 27.0. The monoisotopic (exact) mass is 586 g/mol. The first-order valence-corrected chi connectivity index (χ1v) is 15.2. The van der Waals surface area contributed by atoms with E-state index in [2.05, 4.69) is 119 Å².